The molecule has 21 heavy (non-hydrogen) atoms. The molecule has 0 aliphatic rings. The summed E-state index contributed by atoms with van der Waals surface area (Å²) in [4.78, 5) is 16.7. The van der Waals surface area contributed by atoms with E-state index in [9.17, 15) is 4.79 Å². The summed E-state index contributed by atoms with van der Waals surface area (Å²) in [6, 6.07) is 11.8. The highest BCUT2D eigenvalue weighted by Crippen LogP contribution is 2.27. The van der Waals surface area contributed by atoms with Gasteiger partial charge in [-0.25, -0.2) is 0 Å². The summed E-state index contributed by atoms with van der Waals surface area (Å²) in [7, 11) is 0. The van der Waals surface area contributed by atoms with Gasteiger partial charge in [0, 0.05) is 9.50 Å². The lowest BCUT2D eigenvalue weighted by molar-refractivity contribution is -0.129. The lowest BCUT2D eigenvalue weighted by Gasteiger charge is -2.09. The van der Waals surface area contributed by atoms with Crippen LogP contribution in [0.15, 0.2) is 46.9 Å². The van der Waals surface area contributed by atoms with Gasteiger partial charge in [0.05, 0.1) is 5.02 Å². The van der Waals surface area contributed by atoms with Crippen LogP contribution in [0.1, 0.15) is 0 Å². The van der Waals surface area contributed by atoms with Crippen LogP contribution in [-0.4, -0.2) is 12.5 Å². The smallest absolute Gasteiger partial charge is 0.290 e. The lowest BCUT2D eigenvalue weighted by atomic mass is 10.3. The van der Waals surface area contributed by atoms with Gasteiger partial charge in [0.15, 0.2) is 12.4 Å². The molecule has 7 heteroatoms. The molecule has 2 aromatic carbocycles. The average molecular weight is 391 g/mol. The van der Waals surface area contributed by atoms with E-state index in [0.717, 1.165) is 4.47 Å². The van der Waals surface area contributed by atoms with Gasteiger partial charge in [0.25, 0.3) is 5.91 Å². The van der Waals surface area contributed by atoms with E-state index in [1.165, 1.54) is 6.07 Å². The predicted molar refractivity (Wildman–Crippen MR) is 84.9 cm³/mol. The fourth-order valence-electron chi connectivity index (χ4n) is 1.38. The van der Waals surface area contributed by atoms with E-state index in [1.807, 2.05) is 0 Å². The minimum absolute atomic E-state index is 0.224. The number of rotatable bonds is 5. The molecule has 2 rings (SSSR count). The van der Waals surface area contributed by atoms with Gasteiger partial charge in [-0.2, -0.15) is 5.48 Å². The van der Waals surface area contributed by atoms with E-state index in [0.29, 0.717) is 21.5 Å². The van der Waals surface area contributed by atoms with Crippen molar-refractivity contribution in [1.82, 2.24) is 5.48 Å². The molecule has 2 aromatic rings. The van der Waals surface area contributed by atoms with Crippen LogP contribution in [0.5, 0.6) is 11.5 Å². The highest BCUT2D eigenvalue weighted by atomic mass is 79.9. The number of nitrogens with one attached hydrogen (secondary N) is 1. The Balaban J connectivity index is 1.80. The van der Waals surface area contributed by atoms with Gasteiger partial charge in [-0.3, -0.25) is 4.79 Å². The number of carbonyl (C=O) groups is 1. The van der Waals surface area contributed by atoms with Gasteiger partial charge in [0.1, 0.15) is 5.75 Å². The zero-order valence-electron chi connectivity index (χ0n) is 10.6. The second-order valence-electron chi connectivity index (χ2n) is 3.94. The van der Waals surface area contributed by atoms with Crippen molar-refractivity contribution in [2.75, 3.05) is 6.61 Å². The highest BCUT2D eigenvalue weighted by Gasteiger charge is 2.07. The number of carbonyl (C=O) groups excluding carboxylic acids is 1. The van der Waals surface area contributed by atoms with Crippen LogP contribution >= 0.6 is 39.1 Å². The molecule has 0 fully saturated rings. The molecule has 0 spiro atoms. The monoisotopic (exact) mass is 389 g/mol. The first kappa shape index (κ1) is 15.9. The van der Waals surface area contributed by atoms with Crippen molar-refractivity contribution < 1.29 is 14.4 Å². The number of benzene rings is 2. The SMILES string of the molecule is O=C(COc1ccc(Cl)cc1Cl)NOc1ccc(Br)cc1. The maximum Gasteiger partial charge on any atom is 0.290 e. The van der Waals surface area contributed by atoms with Crippen molar-refractivity contribution in [2.24, 2.45) is 0 Å². The summed E-state index contributed by atoms with van der Waals surface area (Å²) >= 11 is 15.0. The molecule has 0 heterocycles. The first-order valence-corrected chi connectivity index (χ1v) is 7.38. The molecule has 4 nitrogen and oxygen atoms in total. The fraction of sp³-hybridized carbons (Fsp3) is 0.0714. The zero-order valence-corrected chi connectivity index (χ0v) is 13.7. The third-order valence-corrected chi connectivity index (χ3v) is 3.41. The molecule has 0 aliphatic heterocycles. The van der Waals surface area contributed by atoms with E-state index in [-0.39, 0.29) is 6.61 Å². The largest absolute Gasteiger partial charge is 0.482 e. The molecule has 0 saturated carbocycles. The Labute approximate surface area is 140 Å². The Morgan fingerprint density at radius 2 is 1.86 bits per heavy atom. The van der Waals surface area contributed by atoms with E-state index in [2.05, 4.69) is 21.4 Å². The maximum absolute atomic E-state index is 11.6. The van der Waals surface area contributed by atoms with E-state index >= 15 is 0 Å². The number of hydrogen-bond acceptors (Lipinski definition) is 3. The second-order valence-corrected chi connectivity index (χ2v) is 5.70. The molecule has 0 bridgehead atoms. The Hall–Kier alpha value is -1.43. The van der Waals surface area contributed by atoms with Crippen LogP contribution in [0.3, 0.4) is 0 Å². The molecule has 110 valence electrons. The van der Waals surface area contributed by atoms with Crippen LogP contribution in [0.4, 0.5) is 0 Å². The van der Waals surface area contributed by atoms with Crippen molar-refractivity contribution in [1.29, 1.82) is 0 Å². The normalized spacial score (nSPS) is 10.0. The summed E-state index contributed by atoms with van der Waals surface area (Å²) in [6.07, 6.45) is 0. The van der Waals surface area contributed by atoms with Crippen molar-refractivity contribution in [2.45, 2.75) is 0 Å². The summed E-state index contributed by atoms with van der Waals surface area (Å²) in [5.41, 5.74) is 2.27. The molecule has 0 unspecified atom stereocenters. The minimum atomic E-state index is -0.441. The summed E-state index contributed by atoms with van der Waals surface area (Å²) < 4.78 is 6.19. The van der Waals surface area contributed by atoms with Gasteiger partial charge in [-0.1, -0.05) is 39.1 Å². The van der Waals surface area contributed by atoms with Crippen LogP contribution in [0, 0.1) is 0 Å². The molecule has 0 radical (unpaired) electrons. The topological polar surface area (TPSA) is 47.6 Å². The van der Waals surface area contributed by atoms with E-state index < -0.39 is 5.91 Å². The fourth-order valence-corrected chi connectivity index (χ4v) is 2.11. The molecular weight excluding hydrogens is 381 g/mol. The quantitative estimate of drug-likeness (QED) is 0.776. The Kier molecular flexibility index (Phi) is 5.73. The average Bonchev–Trinajstić information content (AvgIpc) is 2.46. The minimum Gasteiger partial charge on any atom is -0.482 e. The number of hydrogen-bond donors (Lipinski definition) is 1. The van der Waals surface area contributed by atoms with Crippen molar-refractivity contribution >= 4 is 45.0 Å². The number of ether oxygens (including phenoxy) is 1. The van der Waals surface area contributed by atoms with Crippen LogP contribution in [0.25, 0.3) is 0 Å². The molecule has 0 atom stereocenters. The van der Waals surface area contributed by atoms with Gasteiger partial charge >= 0.3 is 0 Å². The lowest BCUT2D eigenvalue weighted by Crippen LogP contribution is -2.31. The Morgan fingerprint density at radius 3 is 2.52 bits per heavy atom. The van der Waals surface area contributed by atoms with Crippen LogP contribution in [0.2, 0.25) is 10.0 Å². The third kappa shape index (κ3) is 5.12. The van der Waals surface area contributed by atoms with Crippen LogP contribution in [-0.2, 0) is 4.79 Å². The standard InChI is InChI=1S/C14H10BrCl2NO3/c15-9-1-4-11(5-2-9)21-18-14(19)8-20-13-6-3-10(16)7-12(13)17/h1-7H,8H2,(H,18,19). The number of hydroxylamine groups is 1. The zero-order chi connectivity index (χ0) is 15.2. The van der Waals surface area contributed by atoms with Crippen molar-refractivity contribution in [3.8, 4) is 11.5 Å². The first-order chi connectivity index (χ1) is 10.0. The van der Waals surface area contributed by atoms with E-state index in [1.54, 1.807) is 36.4 Å². The van der Waals surface area contributed by atoms with Crippen molar-refractivity contribution in [3.63, 3.8) is 0 Å². The predicted octanol–water partition coefficient (Wildman–Crippen LogP) is 4.24. The van der Waals surface area contributed by atoms with Crippen LogP contribution < -0.4 is 15.1 Å². The van der Waals surface area contributed by atoms with Gasteiger partial charge in [-0.05, 0) is 42.5 Å². The first-order valence-electron chi connectivity index (χ1n) is 5.84. The molecule has 0 aliphatic carbocycles. The molecule has 0 saturated heterocycles. The van der Waals surface area contributed by atoms with Gasteiger partial charge in [0.2, 0.25) is 0 Å². The summed E-state index contributed by atoms with van der Waals surface area (Å²) in [5, 5.41) is 0.833. The Bertz CT molecular complexity index is 635. The summed E-state index contributed by atoms with van der Waals surface area (Å²) in [5.74, 6) is 0.444. The Morgan fingerprint density at radius 1 is 1.14 bits per heavy atom. The third-order valence-electron chi connectivity index (χ3n) is 2.35. The van der Waals surface area contributed by atoms with Gasteiger partial charge < -0.3 is 9.57 Å². The molecular formula is C14H10BrCl2NO3. The molecule has 0 aromatic heterocycles. The number of halogens is 3. The number of amides is 1. The van der Waals surface area contributed by atoms with Crippen molar-refractivity contribution in [3.05, 3.63) is 57.0 Å². The molecule has 1 N–H and O–H groups in total. The second kappa shape index (κ2) is 7.54. The van der Waals surface area contributed by atoms with Gasteiger partial charge in [-0.15, -0.1) is 0 Å². The highest BCUT2D eigenvalue weighted by molar-refractivity contribution is 9.10. The molecule has 1 amide bonds. The van der Waals surface area contributed by atoms with E-state index in [4.69, 9.17) is 32.8 Å². The maximum atomic E-state index is 11.6. The summed E-state index contributed by atoms with van der Waals surface area (Å²) in [6.45, 7) is -0.224.